The number of thioether (sulfide) groups is 1. The molecule has 0 unspecified atom stereocenters. The van der Waals surface area contributed by atoms with Crippen LogP contribution in [0.4, 0.5) is 11.4 Å². The van der Waals surface area contributed by atoms with Crippen molar-refractivity contribution in [3.05, 3.63) is 76.8 Å². The summed E-state index contributed by atoms with van der Waals surface area (Å²) in [6, 6.07) is 19.2. The Balaban J connectivity index is 1.47. The average Bonchev–Trinajstić information content (AvgIpc) is 3.15. The van der Waals surface area contributed by atoms with E-state index in [1.807, 2.05) is 42.5 Å². The van der Waals surface area contributed by atoms with Crippen molar-refractivity contribution >= 4 is 34.7 Å². The highest BCUT2D eigenvalue weighted by atomic mass is 32.2. The first-order valence-electron chi connectivity index (χ1n) is 8.55. The van der Waals surface area contributed by atoms with Crippen LogP contribution in [0.15, 0.2) is 71.9 Å². The summed E-state index contributed by atoms with van der Waals surface area (Å²) >= 11 is 1.18. The molecule has 0 radical (unpaired) electrons. The summed E-state index contributed by atoms with van der Waals surface area (Å²) in [5.41, 5.74) is 2.58. The van der Waals surface area contributed by atoms with Crippen LogP contribution in [0.25, 0.3) is 16.9 Å². The van der Waals surface area contributed by atoms with Crippen molar-refractivity contribution in [2.24, 2.45) is 0 Å². The fourth-order valence-corrected chi connectivity index (χ4v) is 3.33. The number of fused-ring (bicyclic) bond motifs is 1. The highest BCUT2D eigenvalue weighted by molar-refractivity contribution is 7.99. The van der Waals surface area contributed by atoms with Crippen molar-refractivity contribution in [3.8, 4) is 11.3 Å². The van der Waals surface area contributed by atoms with E-state index in [1.165, 1.54) is 30.0 Å². The SMILES string of the molecule is O=C(CSc1nnc2ccc(-c3ccccc3)nn12)Nc1cccc([N+](=O)[O-])c1. The summed E-state index contributed by atoms with van der Waals surface area (Å²) in [6.45, 7) is 0. The lowest BCUT2D eigenvalue weighted by molar-refractivity contribution is -0.384. The van der Waals surface area contributed by atoms with Gasteiger partial charge in [0, 0.05) is 23.4 Å². The third-order valence-corrected chi connectivity index (χ3v) is 4.90. The van der Waals surface area contributed by atoms with E-state index in [-0.39, 0.29) is 17.3 Å². The lowest BCUT2D eigenvalue weighted by atomic mass is 10.1. The first-order valence-corrected chi connectivity index (χ1v) is 9.54. The monoisotopic (exact) mass is 406 g/mol. The Morgan fingerprint density at radius 2 is 1.90 bits per heavy atom. The largest absolute Gasteiger partial charge is 0.325 e. The quantitative estimate of drug-likeness (QED) is 0.296. The molecule has 2 heterocycles. The number of non-ortho nitro benzene ring substituents is 1. The lowest BCUT2D eigenvalue weighted by Gasteiger charge is -2.05. The van der Waals surface area contributed by atoms with Gasteiger partial charge in [-0.3, -0.25) is 14.9 Å². The molecule has 4 rings (SSSR count). The van der Waals surface area contributed by atoms with Gasteiger partial charge in [0.25, 0.3) is 5.69 Å². The molecule has 2 aromatic heterocycles. The Labute approximate surface area is 168 Å². The van der Waals surface area contributed by atoms with Crippen LogP contribution in [0, 0.1) is 10.1 Å². The van der Waals surface area contributed by atoms with Gasteiger partial charge in [0.05, 0.1) is 16.4 Å². The van der Waals surface area contributed by atoms with Gasteiger partial charge in [0.2, 0.25) is 11.1 Å². The Morgan fingerprint density at radius 1 is 1.07 bits per heavy atom. The summed E-state index contributed by atoms with van der Waals surface area (Å²) in [7, 11) is 0. The number of amides is 1. The summed E-state index contributed by atoms with van der Waals surface area (Å²) in [4.78, 5) is 22.6. The molecule has 0 fully saturated rings. The Hall–Kier alpha value is -3.79. The van der Waals surface area contributed by atoms with Crippen molar-refractivity contribution in [1.82, 2.24) is 19.8 Å². The predicted molar refractivity (Wildman–Crippen MR) is 109 cm³/mol. The Morgan fingerprint density at radius 3 is 2.69 bits per heavy atom. The number of anilines is 1. The minimum Gasteiger partial charge on any atom is -0.325 e. The molecule has 0 atom stereocenters. The van der Waals surface area contributed by atoms with Crippen molar-refractivity contribution < 1.29 is 9.72 Å². The second-order valence-corrected chi connectivity index (χ2v) is 6.92. The van der Waals surface area contributed by atoms with Crippen LogP contribution in [0.3, 0.4) is 0 Å². The smallest absolute Gasteiger partial charge is 0.271 e. The highest BCUT2D eigenvalue weighted by Gasteiger charge is 2.13. The maximum atomic E-state index is 12.2. The van der Waals surface area contributed by atoms with Crippen LogP contribution < -0.4 is 5.32 Å². The number of nitrogens with one attached hydrogen (secondary N) is 1. The number of hydrogen-bond acceptors (Lipinski definition) is 7. The maximum absolute atomic E-state index is 12.2. The number of nitro benzene ring substituents is 1. The van der Waals surface area contributed by atoms with Crippen LogP contribution in [-0.2, 0) is 4.79 Å². The molecule has 9 nitrogen and oxygen atoms in total. The van der Waals surface area contributed by atoms with Crippen molar-refractivity contribution in [2.45, 2.75) is 5.16 Å². The molecule has 0 aliphatic rings. The van der Waals surface area contributed by atoms with E-state index in [4.69, 9.17) is 0 Å². The molecule has 0 saturated carbocycles. The molecule has 29 heavy (non-hydrogen) atoms. The van der Waals surface area contributed by atoms with Gasteiger partial charge >= 0.3 is 0 Å². The summed E-state index contributed by atoms with van der Waals surface area (Å²) in [5, 5.41) is 26.7. The molecule has 1 N–H and O–H groups in total. The van der Waals surface area contributed by atoms with Gasteiger partial charge in [-0.2, -0.15) is 9.61 Å². The van der Waals surface area contributed by atoms with Crippen molar-refractivity contribution in [2.75, 3.05) is 11.1 Å². The van der Waals surface area contributed by atoms with Crippen LogP contribution in [0.5, 0.6) is 0 Å². The predicted octanol–water partition coefficient (Wildman–Crippen LogP) is 3.43. The van der Waals surface area contributed by atoms with E-state index in [9.17, 15) is 14.9 Å². The van der Waals surface area contributed by atoms with Gasteiger partial charge in [0.15, 0.2) is 5.65 Å². The molecule has 0 saturated heterocycles. The van der Waals surface area contributed by atoms with Gasteiger partial charge in [0.1, 0.15) is 0 Å². The van der Waals surface area contributed by atoms with Gasteiger partial charge in [-0.15, -0.1) is 10.2 Å². The average molecular weight is 406 g/mol. The molecular formula is C19H14N6O3S. The number of hydrogen-bond donors (Lipinski definition) is 1. The molecule has 0 spiro atoms. The van der Waals surface area contributed by atoms with E-state index in [0.29, 0.717) is 16.5 Å². The minimum absolute atomic E-state index is 0.0563. The van der Waals surface area contributed by atoms with Gasteiger partial charge in [-0.05, 0) is 18.2 Å². The fourth-order valence-electron chi connectivity index (χ4n) is 2.65. The van der Waals surface area contributed by atoms with E-state index in [2.05, 4.69) is 20.6 Å². The van der Waals surface area contributed by atoms with E-state index < -0.39 is 4.92 Å². The third-order valence-electron chi connectivity index (χ3n) is 3.98. The maximum Gasteiger partial charge on any atom is 0.271 e. The number of nitro groups is 1. The second-order valence-electron chi connectivity index (χ2n) is 5.98. The summed E-state index contributed by atoms with van der Waals surface area (Å²) in [6.07, 6.45) is 0. The highest BCUT2D eigenvalue weighted by Crippen LogP contribution is 2.21. The third kappa shape index (κ3) is 4.22. The van der Waals surface area contributed by atoms with Gasteiger partial charge in [-0.1, -0.05) is 48.2 Å². The van der Waals surface area contributed by atoms with Crippen LogP contribution in [0.1, 0.15) is 0 Å². The number of carbonyl (C=O) groups is 1. The molecule has 1 amide bonds. The van der Waals surface area contributed by atoms with Crippen LogP contribution in [-0.4, -0.2) is 36.4 Å². The zero-order chi connectivity index (χ0) is 20.2. The number of aromatic nitrogens is 4. The zero-order valence-electron chi connectivity index (χ0n) is 14.9. The first-order chi connectivity index (χ1) is 14.1. The van der Waals surface area contributed by atoms with E-state index >= 15 is 0 Å². The van der Waals surface area contributed by atoms with Crippen molar-refractivity contribution in [3.63, 3.8) is 0 Å². The first kappa shape index (κ1) is 18.6. The number of carbonyl (C=O) groups excluding carboxylic acids is 1. The normalized spacial score (nSPS) is 10.8. The molecule has 4 aromatic rings. The zero-order valence-corrected chi connectivity index (χ0v) is 15.7. The molecule has 2 aromatic carbocycles. The number of rotatable bonds is 6. The van der Waals surface area contributed by atoms with Crippen LogP contribution >= 0.6 is 11.8 Å². The summed E-state index contributed by atoms with van der Waals surface area (Å²) < 4.78 is 1.59. The summed E-state index contributed by atoms with van der Waals surface area (Å²) in [5.74, 6) is -0.257. The van der Waals surface area contributed by atoms with E-state index in [0.717, 1.165) is 11.3 Å². The molecule has 0 bridgehead atoms. The molecular weight excluding hydrogens is 392 g/mol. The standard InChI is InChI=1S/C19H14N6O3S/c26-18(20-14-7-4-8-15(11-14)25(27)28)12-29-19-22-21-17-10-9-16(23-24(17)19)13-5-2-1-3-6-13/h1-11H,12H2,(H,20,26). The Kier molecular flexibility index (Phi) is 5.16. The second kappa shape index (κ2) is 8.07. The molecule has 0 aliphatic carbocycles. The van der Waals surface area contributed by atoms with Gasteiger partial charge < -0.3 is 5.32 Å². The fraction of sp³-hybridized carbons (Fsp3) is 0.0526. The molecule has 10 heteroatoms. The molecule has 0 aliphatic heterocycles. The number of benzene rings is 2. The van der Waals surface area contributed by atoms with Gasteiger partial charge in [-0.25, -0.2) is 0 Å². The minimum atomic E-state index is -0.511. The van der Waals surface area contributed by atoms with E-state index in [1.54, 1.807) is 10.6 Å². The van der Waals surface area contributed by atoms with Crippen LogP contribution in [0.2, 0.25) is 0 Å². The van der Waals surface area contributed by atoms with Crippen molar-refractivity contribution in [1.29, 1.82) is 0 Å². The number of nitrogens with zero attached hydrogens (tertiary/aromatic N) is 5. The lowest BCUT2D eigenvalue weighted by Crippen LogP contribution is -2.14. The Bertz CT molecular complexity index is 1200. The molecule has 144 valence electrons. The topological polar surface area (TPSA) is 115 Å².